The van der Waals surface area contributed by atoms with Crippen LogP contribution in [-0.4, -0.2) is 0 Å². The Morgan fingerprint density at radius 3 is 2.67 bits per heavy atom. The lowest BCUT2D eigenvalue weighted by Gasteiger charge is -2.05. The molecule has 0 saturated heterocycles. The normalized spacial score (nSPS) is 9.08. The van der Waals surface area contributed by atoms with Crippen LogP contribution in [0, 0.1) is 6.92 Å². The van der Waals surface area contributed by atoms with E-state index in [0.29, 0.717) is 0 Å². The molecule has 1 nitrogen and oxygen atoms in total. The summed E-state index contributed by atoms with van der Waals surface area (Å²) in [5, 5.41) is 3.05. The van der Waals surface area contributed by atoms with Crippen LogP contribution in [0.4, 0.5) is 5.69 Å². The molecule has 0 aromatic heterocycles. The molecule has 0 unspecified atom stereocenters. The number of rotatable bonds is 3. The third kappa shape index (κ3) is 1.76. The SMILES string of the molecule is C=CNc1ccc(C)cc1C=C. The predicted molar refractivity (Wildman–Crippen MR) is 55.1 cm³/mol. The molecular formula is C11H13N. The van der Waals surface area contributed by atoms with Gasteiger partial charge in [0.25, 0.3) is 0 Å². The van der Waals surface area contributed by atoms with Crippen molar-refractivity contribution in [3.8, 4) is 0 Å². The Balaban J connectivity index is 3.10. The molecule has 0 aliphatic rings. The molecule has 1 heteroatoms. The standard InChI is InChI=1S/C11H13N/c1-4-10-8-9(3)6-7-11(10)12-5-2/h4-8,12H,1-2H2,3H3. The van der Waals surface area contributed by atoms with Crippen molar-refractivity contribution in [2.45, 2.75) is 6.92 Å². The van der Waals surface area contributed by atoms with E-state index < -0.39 is 0 Å². The minimum Gasteiger partial charge on any atom is -0.362 e. The molecule has 12 heavy (non-hydrogen) atoms. The number of anilines is 1. The van der Waals surface area contributed by atoms with Crippen LogP contribution < -0.4 is 5.32 Å². The maximum atomic E-state index is 3.74. The van der Waals surface area contributed by atoms with Crippen LogP contribution in [0.1, 0.15) is 11.1 Å². The molecule has 0 spiro atoms. The van der Waals surface area contributed by atoms with E-state index in [2.05, 4.69) is 37.5 Å². The van der Waals surface area contributed by atoms with Gasteiger partial charge in [-0.3, -0.25) is 0 Å². The van der Waals surface area contributed by atoms with E-state index in [1.807, 2.05) is 12.1 Å². The number of benzene rings is 1. The van der Waals surface area contributed by atoms with Crippen molar-refractivity contribution in [3.63, 3.8) is 0 Å². The van der Waals surface area contributed by atoms with Gasteiger partial charge >= 0.3 is 0 Å². The lowest BCUT2D eigenvalue weighted by molar-refractivity contribution is 1.44. The van der Waals surface area contributed by atoms with Gasteiger partial charge in [0.1, 0.15) is 0 Å². The Labute approximate surface area is 73.4 Å². The maximum Gasteiger partial charge on any atom is 0.0453 e. The van der Waals surface area contributed by atoms with Crippen LogP contribution in [0.3, 0.4) is 0 Å². The highest BCUT2D eigenvalue weighted by Crippen LogP contribution is 2.17. The molecule has 62 valence electrons. The van der Waals surface area contributed by atoms with E-state index in [4.69, 9.17) is 0 Å². The van der Waals surface area contributed by atoms with Crippen LogP contribution in [0.2, 0.25) is 0 Å². The molecule has 1 aromatic carbocycles. The second-order valence-corrected chi connectivity index (χ2v) is 2.64. The van der Waals surface area contributed by atoms with Gasteiger partial charge in [-0.15, -0.1) is 0 Å². The number of aryl methyl sites for hydroxylation is 1. The van der Waals surface area contributed by atoms with Gasteiger partial charge in [0.05, 0.1) is 0 Å². The average molecular weight is 159 g/mol. The fourth-order valence-corrected chi connectivity index (χ4v) is 1.09. The smallest absolute Gasteiger partial charge is 0.0453 e. The Kier molecular flexibility index (Phi) is 2.70. The zero-order chi connectivity index (χ0) is 8.97. The molecular weight excluding hydrogens is 146 g/mol. The van der Waals surface area contributed by atoms with Crippen LogP contribution in [0.25, 0.3) is 6.08 Å². The highest BCUT2D eigenvalue weighted by atomic mass is 14.8. The largest absolute Gasteiger partial charge is 0.362 e. The summed E-state index contributed by atoms with van der Waals surface area (Å²) < 4.78 is 0. The van der Waals surface area contributed by atoms with Gasteiger partial charge in [-0.1, -0.05) is 30.9 Å². The van der Waals surface area contributed by atoms with Crippen LogP contribution in [0.15, 0.2) is 37.6 Å². The van der Waals surface area contributed by atoms with Crippen molar-refractivity contribution in [2.24, 2.45) is 0 Å². The summed E-state index contributed by atoms with van der Waals surface area (Å²) >= 11 is 0. The monoisotopic (exact) mass is 159 g/mol. The van der Waals surface area contributed by atoms with E-state index in [0.717, 1.165) is 11.3 Å². The Bertz CT molecular complexity index is 300. The Morgan fingerprint density at radius 1 is 1.33 bits per heavy atom. The molecule has 0 aliphatic heterocycles. The minimum absolute atomic E-state index is 1.05. The van der Waals surface area contributed by atoms with Gasteiger partial charge in [0.15, 0.2) is 0 Å². The van der Waals surface area contributed by atoms with E-state index in [1.54, 1.807) is 6.20 Å². The van der Waals surface area contributed by atoms with E-state index in [9.17, 15) is 0 Å². The molecule has 0 atom stereocenters. The summed E-state index contributed by atoms with van der Waals surface area (Å²) in [5.74, 6) is 0. The van der Waals surface area contributed by atoms with Gasteiger partial charge in [-0.2, -0.15) is 0 Å². The summed E-state index contributed by atoms with van der Waals surface area (Å²) in [7, 11) is 0. The zero-order valence-corrected chi connectivity index (χ0v) is 7.30. The first-order valence-corrected chi connectivity index (χ1v) is 3.88. The molecule has 0 heterocycles. The third-order valence-electron chi connectivity index (χ3n) is 1.68. The highest BCUT2D eigenvalue weighted by Gasteiger charge is 1.95. The van der Waals surface area contributed by atoms with Gasteiger partial charge in [0.2, 0.25) is 0 Å². The van der Waals surface area contributed by atoms with Crippen molar-refractivity contribution in [1.29, 1.82) is 0 Å². The van der Waals surface area contributed by atoms with E-state index in [1.165, 1.54) is 5.56 Å². The van der Waals surface area contributed by atoms with Crippen molar-refractivity contribution < 1.29 is 0 Å². The highest BCUT2D eigenvalue weighted by molar-refractivity contribution is 5.67. The van der Waals surface area contributed by atoms with Crippen molar-refractivity contribution in [3.05, 3.63) is 48.7 Å². The van der Waals surface area contributed by atoms with Crippen molar-refractivity contribution in [2.75, 3.05) is 5.32 Å². The molecule has 1 N–H and O–H groups in total. The first-order chi connectivity index (χ1) is 5.77. The number of hydrogen-bond donors (Lipinski definition) is 1. The fraction of sp³-hybridized carbons (Fsp3) is 0.0909. The Hall–Kier alpha value is -1.50. The fourth-order valence-electron chi connectivity index (χ4n) is 1.09. The van der Waals surface area contributed by atoms with Crippen molar-refractivity contribution >= 4 is 11.8 Å². The lowest BCUT2D eigenvalue weighted by Crippen LogP contribution is -1.89. The molecule has 0 amide bonds. The second-order valence-electron chi connectivity index (χ2n) is 2.64. The first-order valence-electron chi connectivity index (χ1n) is 3.88. The molecule has 0 fully saturated rings. The van der Waals surface area contributed by atoms with Gasteiger partial charge in [-0.25, -0.2) is 0 Å². The number of hydrogen-bond acceptors (Lipinski definition) is 1. The van der Waals surface area contributed by atoms with Gasteiger partial charge in [-0.05, 0) is 30.8 Å². The summed E-state index contributed by atoms with van der Waals surface area (Å²) in [6.07, 6.45) is 3.50. The van der Waals surface area contributed by atoms with E-state index >= 15 is 0 Å². The Morgan fingerprint density at radius 2 is 2.08 bits per heavy atom. The summed E-state index contributed by atoms with van der Waals surface area (Å²) in [4.78, 5) is 0. The van der Waals surface area contributed by atoms with E-state index in [-0.39, 0.29) is 0 Å². The van der Waals surface area contributed by atoms with Gasteiger partial charge in [0, 0.05) is 5.69 Å². The molecule has 1 rings (SSSR count). The summed E-state index contributed by atoms with van der Waals surface area (Å²) in [5.41, 5.74) is 3.39. The topological polar surface area (TPSA) is 12.0 Å². The summed E-state index contributed by atoms with van der Waals surface area (Å²) in [6, 6.07) is 6.16. The molecule has 0 radical (unpaired) electrons. The van der Waals surface area contributed by atoms with Crippen LogP contribution in [-0.2, 0) is 0 Å². The zero-order valence-electron chi connectivity index (χ0n) is 7.30. The van der Waals surface area contributed by atoms with Gasteiger partial charge < -0.3 is 5.32 Å². The minimum atomic E-state index is 1.05. The first kappa shape index (κ1) is 8.60. The molecule has 0 saturated carbocycles. The quantitative estimate of drug-likeness (QED) is 0.714. The molecule has 0 aliphatic carbocycles. The molecule has 1 aromatic rings. The predicted octanol–water partition coefficient (Wildman–Crippen LogP) is 3.19. The van der Waals surface area contributed by atoms with Crippen molar-refractivity contribution in [1.82, 2.24) is 0 Å². The average Bonchev–Trinajstić information content (AvgIpc) is 2.08. The lowest BCUT2D eigenvalue weighted by atomic mass is 10.1. The maximum absolute atomic E-state index is 3.74. The summed E-state index contributed by atoms with van der Waals surface area (Å²) in [6.45, 7) is 9.41. The van der Waals surface area contributed by atoms with Crippen LogP contribution in [0.5, 0.6) is 0 Å². The number of nitrogens with one attached hydrogen (secondary N) is 1. The second kappa shape index (κ2) is 3.77. The van der Waals surface area contributed by atoms with Crippen LogP contribution >= 0.6 is 0 Å². The third-order valence-corrected chi connectivity index (χ3v) is 1.68. The molecule has 0 bridgehead atoms.